The molecule has 0 spiro atoms. The van der Waals surface area contributed by atoms with E-state index in [-0.39, 0.29) is 42.3 Å². The predicted octanol–water partition coefficient (Wildman–Crippen LogP) is 3.55. The standard InChI is InChI=1S/C28H43N3O4/c1-6-7-11-19(4)22-16-25(32)23(14-18(2)3)31-27(34)20(5)29-28(35)24(30-26(33)17-22)15-21-12-9-8-10-13-21/h8-10,12-13,18-20,22-24H,6-7,11,14-17H2,1-5H3,(H,29,35)(H,30,33)(H,31,34)/t19-,20-,22+,23+,24-/m0/s1. The summed E-state index contributed by atoms with van der Waals surface area (Å²) in [5, 5.41) is 8.50. The lowest BCUT2D eigenvalue weighted by Crippen LogP contribution is -2.55. The van der Waals surface area contributed by atoms with Gasteiger partial charge in [0.2, 0.25) is 17.7 Å². The number of hydrogen-bond acceptors (Lipinski definition) is 4. The third-order valence-electron chi connectivity index (χ3n) is 6.83. The van der Waals surface area contributed by atoms with E-state index in [1.165, 1.54) is 0 Å². The summed E-state index contributed by atoms with van der Waals surface area (Å²) >= 11 is 0. The van der Waals surface area contributed by atoms with Crippen molar-refractivity contribution < 1.29 is 19.2 Å². The minimum Gasteiger partial charge on any atom is -0.345 e. The minimum absolute atomic E-state index is 0.0493. The van der Waals surface area contributed by atoms with Crippen LogP contribution in [-0.4, -0.2) is 41.6 Å². The summed E-state index contributed by atoms with van der Waals surface area (Å²) in [6, 6.07) is 7.20. The molecule has 7 heteroatoms. The lowest BCUT2D eigenvalue weighted by Gasteiger charge is -2.26. The molecule has 3 amide bonds. The van der Waals surface area contributed by atoms with Gasteiger partial charge in [0.1, 0.15) is 12.1 Å². The molecule has 2 rings (SSSR count). The van der Waals surface area contributed by atoms with Crippen LogP contribution in [0.3, 0.4) is 0 Å². The van der Waals surface area contributed by atoms with Crippen molar-refractivity contribution in [2.45, 2.75) is 97.7 Å². The Kier molecular flexibility index (Phi) is 11.4. The zero-order valence-electron chi connectivity index (χ0n) is 21.9. The van der Waals surface area contributed by atoms with Gasteiger partial charge in [-0.25, -0.2) is 0 Å². The highest BCUT2D eigenvalue weighted by atomic mass is 16.2. The fourth-order valence-corrected chi connectivity index (χ4v) is 4.61. The molecule has 3 N–H and O–H groups in total. The van der Waals surface area contributed by atoms with E-state index < -0.39 is 29.9 Å². The van der Waals surface area contributed by atoms with E-state index in [4.69, 9.17) is 0 Å². The maximum atomic E-state index is 13.3. The fraction of sp³-hybridized carbons (Fsp3) is 0.643. The van der Waals surface area contributed by atoms with E-state index in [1.807, 2.05) is 44.2 Å². The number of carbonyl (C=O) groups excluding carboxylic acids is 4. The van der Waals surface area contributed by atoms with Crippen LogP contribution in [0.15, 0.2) is 30.3 Å². The number of unbranched alkanes of at least 4 members (excludes halogenated alkanes) is 1. The number of Topliss-reactive ketones (excluding diaryl/α,β-unsaturated/α-hetero) is 1. The van der Waals surface area contributed by atoms with Crippen LogP contribution < -0.4 is 16.0 Å². The van der Waals surface area contributed by atoms with Crippen molar-refractivity contribution in [2.75, 3.05) is 0 Å². The van der Waals surface area contributed by atoms with Crippen molar-refractivity contribution in [3.05, 3.63) is 35.9 Å². The van der Waals surface area contributed by atoms with Gasteiger partial charge in [-0.3, -0.25) is 19.2 Å². The van der Waals surface area contributed by atoms with Crippen LogP contribution >= 0.6 is 0 Å². The van der Waals surface area contributed by atoms with Crippen molar-refractivity contribution in [3.8, 4) is 0 Å². The normalized spacial score (nSPS) is 25.5. The average molecular weight is 486 g/mol. The van der Waals surface area contributed by atoms with Crippen LogP contribution in [0.1, 0.15) is 78.7 Å². The molecule has 194 valence electrons. The quantitative estimate of drug-likeness (QED) is 0.524. The molecule has 1 aromatic carbocycles. The van der Waals surface area contributed by atoms with Crippen LogP contribution in [0.2, 0.25) is 0 Å². The third kappa shape index (κ3) is 9.46. The molecular formula is C28H43N3O4. The zero-order chi connectivity index (χ0) is 26.0. The molecule has 5 atom stereocenters. The van der Waals surface area contributed by atoms with Gasteiger partial charge in [-0.1, -0.05) is 77.3 Å². The van der Waals surface area contributed by atoms with Gasteiger partial charge < -0.3 is 16.0 Å². The number of benzene rings is 1. The molecule has 1 aromatic rings. The summed E-state index contributed by atoms with van der Waals surface area (Å²) in [5.41, 5.74) is 0.911. The second-order valence-corrected chi connectivity index (χ2v) is 10.5. The molecular weight excluding hydrogens is 442 g/mol. The largest absolute Gasteiger partial charge is 0.345 e. The zero-order valence-corrected chi connectivity index (χ0v) is 21.9. The molecule has 0 bridgehead atoms. The van der Waals surface area contributed by atoms with Crippen molar-refractivity contribution in [2.24, 2.45) is 17.8 Å². The summed E-state index contributed by atoms with van der Waals surface area (Å²) in [6.45, 7) is 9.83. The third-order valence-corrected chi connectivity index (χ3v) is 6.83. The highest BCUT2D eigenvalue weighted by molar-refractivity contribution is 5.95. The lowest BCUT2D eigenvalue weighted by molar-refractivity contribution is -0.132. The molecule has 1 fully saturated rings. The van der Waals surface area contributed by atoms with Crippen molar-refractivity contribution >= 4 is 23.5 Å². The Morgan fingerprint density at radius 1 is 0.886 bits per heavy atom. The van der Waals surface area contributed by atoms with E-state index in [0.717, 1.165) is 24.8 Å². The first kappa shape index (κ1) is 28.5. The van der Waals surface area contributed by atoms with E-state index in [1.54, 1.807) is 6.92 Å². The Bertz CT molecular complexity index is 855. The predicted molar refractivity (Wildman–Crippen MR) is 137 cm³/mol. The molecule has 0 unspecified atom stereocenters. The molecule has 0 saturated carbocycles. The molecule has 0 radical (unpaired) electrons. The van der Waals surface area contributed by atoms with Crippen LogP contribution in [0.25, 0.3) is 0 Å². The van der Waals surface area contributed by atoms with Crippen molar-refractivity contribution in [1.29, 1.82) is 0 Å². The van der Waals surface area contributed by atoms with Gasteiger partial charge >= 0.3 is 0 Å². The monoisotopic (exact) mass is 485 g/mol. The smallest absolute Gasteiger partial charge is 0.243 e. The van der Waals surface area contributed by atoms with Gasteiger partial charge in [-0.2, -0.15) is 0 Å². The second kappa shape index (κ2) is 14.0. The van der Waals surface area contributed by atoms with Crippen molar-refractivity contribution in [3.63, 3.8) is 0 Å². The first-order valence-electron chi connectivity index (χ1n) is 13.1. The molecule has 0 aliphatic carbocycles. The minimum atomic E-state index is -0.833. The summed E-state index contributed by atoms with van der Waals surface area (Å²) in [4.78, 5) is 52.5. The van der Waals surface area contributed by atoms with E-state index in [9.17, 15) is 19.2 Å². The topological polar surface area (TPSA) is 104 Å². The van der Waals surface area contributed by atoms with E-state index in [2.05, 4.69) is 29.8 Å². The van der Waals surface area contributed by atoms with Gasteiger partial charge in [0.05, 0.1) is 6.04 Å². The molecule has 1 aliphatic heterocycles. The maximum Gasteiger partial charge on any atom is 0.243 e. The van der Waals surface area contributed by atoms with Crippen LogP contribution in [-0.2, 0) is 25.6 Å². The van der Waals surface area contributed by atoms with E-state index >= 15 is 0 Å². The summed E-state index contributed by atoms with van der Waals surface area (Å²) < 4.78 is 0. The number of hydrogen-bond donors (Lipinski definition) is 3. The van der Waals surface area contributed by atoms with Crippen LogP contribution in [0.5, 0.6) is 0 Å². The Balaban J connectivity index is 2.35. The number of carbonyl (C=O) groups is 4. The Morgan fingerprint density at radius 2 is 1.57 bits per heavy atom. The SMILES string of the molecule is CCCC[C@H](C)[C@H]1CC(=O)N[C@@H](Cc2ccccc2)C(=O)N[C@@H](C)C(=O)N[C@H](CC(C)C)C(=O)C1. The van der Waals surface area contributed by atoms with Crippen LogP contribution in [0, 0.1) is 17.8 Å². The molecule has 0 aromatic heterocycles. The molecule has 1 saturated heterocycles. The molecule has 1 heterocycles. The van der Waals surface area contributed by atoms with Gasteiger partial charge in [0.25, 0.3) is 0 Å². The first-order chi connectivity index (χ1) is 16.6. The fourth-order valence-electron chi connectivity index (χ4n) is 4.61. The second-order valence-electron chi connectivity index (χ2n) is 10.5. The number of amides is 3. The maximum absolute atomic E-state index is 13.3. The highest BCUT2D eigenvalue weighted by Crippen LogP contribution is 2.26. The highest BCUT2D eigenvalue weighted by Gasteiger charge is 2.32. The van der Waals surface area contributed by atoms with Crippen LogP contribution in [0.4, 0.5) is 0 Å². The molecule has 7 nitrogen and oxygen atoms in total. The molecule has 1 aliphatic rings. The lowest BCUT2D eigenvalue weighted by atomic mass is 9.81. The van der Waals surface area contributed by atoms with Crippen molar-refractivity contribution in [1.82, 2.24) is 16.0 Å². The summed E-state index contributed by atoms with van der Waals surface area (Å²) in [6.07, 6.45) is 4.23. The Hall–Kier alpha value is -2.70. The number of nitrogens with one attached hydrogen (secondary N) is 3. The Labute approximate surface area is 210 Å². The number of rotatable bonds is 8. The first-order valence-corrected chi connectivity index (χ1v) is 13.1. The van der Waals surface area contributed by atoms with Gasteiger partial charge in [-0.05, 0) is 36.7 Å². The van der Waals surface area contributed by atoms with Gasteiger partial charge in [0, 0.05) is 19.3 Å². The molecule has 35 heavy (non-hydrogen) atoms. The summed E-state index contributed by atoms with van der Waals surface area (Å²) in [7, 11) is 0. The van der Waals surface area contributed by atoms with Gasteiger partial charge in [-0.15, -0.1) is 0 Å². The average Bonchev–Trinajstić information content (AvgIpc) is 2.81. The number of ketones is 1. The summed E-state index contributed by atoms with van der Waals surface area (Å²) in [5.74, 6) is -0.868. The Morgan fingerprint density at radius 3 is 2.20 bits per heavy atom. The van der Waals surface area contributed by atoms with Gasteiger partial charge in [0.15, 0.2) is 5.78 Å². The van der Waals surface area contributed by atoms with E-state index in [0.29, 0.717) is 12.8 Å².